The first-order chi connectivity index (χ1) is 6.77. The lowest BCUT2D eigenvalue weighted by atomic mass is 9.94. The van der Waals surface area contributed by atoms with Crippen LogP contribution in [0, 0.1) is 12.8 Å². The second-order valence-corrected chi connectivity index (χ2v) is 4.25. The van der Waals surface area contributed by atoms with Gasteiger partial charge in [-0.15, -0.1) is 11.6 Å². The molecule has 0 amide bonds. The lowest BCUT2D eigenvalue weighted by Crippen LogP contribution is -2.07. The molecule has 1 unspecified atom stereocenters. The smallest absolute Gasteiger partial charge is 0.0254 e. The van der Waals surface area contributed by atoms with E-state index >= 15 is 0 Å². The van der Waals surface area contributed by atoms with Crippen molar-refractivity contribution in [1.82, 2.24) is 0 Å². The van der Waals surface area contributed by atoms with Crippen LogP contribution in [0.15, 0.2) is 24.3 Å². The van der Waals surface area contributed by atoms with E-state index in [0.29, 0.717) is 5.92 Å². The third kappa shape index (κ3) is 3.34. The van der Waals surface area contributed by atoms with Crippen LogP contribution in [0.4, 0.5) is 0 Å². The molecule has 0 nitrogen and oxygen atoms in total. The van der Waals surface area contributed by atoms with Gasteiger partial charge in [-0.25, -0.2) is 0 Å². The standard InChI is InChI=1S/C13H19Cl/c1-3-6-12(10-14)9-13-8-5-4-7-11(13)2/h4-5,7-8,12H,3,6,9-10H2,1-2H3. The normalized spacial score (nSPS) is 12.8. The molecule has 0 radical (unpaired) electrons. The van der Waals surface area contributed by atoms with Gasteiger partial charge in [-0.1, -0.05) is 37.6 Å². The predicted molar refractivity (Wildman–Crippen MR) is 64.0 cm³/mol. The molecule has 0 heterocycles. The number of benzene rings is 1. The molecule has 1 rings (SSSR count). The zero-order valence-electron chi connectivity index (χ0n) is 9.09. The molecule has 0 aromatic heterocycles. The Kier molecular flexibility index (Phi) is 5.03. The number of rotatable bonds is 5. The minimum atomic E-state index is 0.641. The molecule has 0 aliphatic rings. The number of halogens is 1. The highest BCUT2D eigenvalue weighted by molar-refractivity contribution is 6.18. The van der Waals surface area contributed by atoms with Gasteiger partial charge in [0.2, 0.25) is 0 Å². The van der Waals surface area contributed by atoms with Gasteiger partial charge in [0.15, 0.2) is 0 Å². The van der Waals surface area contributed by atoms with E-state index in [1.54, 1.807) is 0 Å². The SMILES string of the molecule is CCCC(CCl)Cc1ccccc1C. The molecule has 0 N–H and O–H groups in total. The van der Waals surface area contributed by atoms with Gasteiger partial charge < -0.3 is 0 Å². The van der Waals surface area contributed by atoms with Crippen molar-refractivity contribution in [3.8, 4) is 0 Å². The highest BCUT2D eigenvalue weighted by Gasteiger charge is 2.08. The van der Waals surface area contributed by atoms with Crippen LogP contribution in [-0.4, -0.2) is 5.88 Å². The maximum absolute atomic E-state index is 5.95. The molecular weight excluding hydrogens is 192 g/mol. The van der Waals surface area contributed by atoms with E-state index in [4.69, 9.17) is 11.6 Å². The Morgan fingerprint density at radius 2 is 2.00 bits per heavy atom. The molecule has 0 saturated heterocycles. The van der Waals surface area contributed by atoms with Crippen LogP contribution in [0.3, 0.4) is 0 Å². The average Bonchev–Trinajstić information content (AvgIpc) is 2.20. The third-order valence-electron chi connectivity index (χ3n) is 2.68. The largest absolute Gasteiger partial charge is 0.126 e. The van der Waals surface area contributed by atoms with E-state index in [1.165, 1.54) is 24.0 Å². The van der Waals surface area contributed by atoms with Crippen LogP contribution in [0.1, 0.15) is 30.9 Å². The topological polar surface area (TPSA) is 0 Å². The Morgan fingerprint density at radius 3 is 2.57 bits per heavy atom. The molecule has 78 valence electrons. The van der Waals surface area contributed by atoms with E-state index in [0.717, 1.165) is 12.3 Å². The number of alkyl halides is 1. The van der Waals surface area contributed by atoms with E-state index < -0.39 is 0 Å². The molecule has 1 aromatic rings. The first-order valence-electron chi connectivity index (χ1n) is 5.38. The van der Waals surface area contributed by atoms with Crippen molar-refractivity contribution in [1.29, 1.82) is 0 Å². The maximum Gasteiger partial charge on any atom is 0.0254 e. The Bertz CT molecular complexity index is 268. The van der Waals surface area contributed by atoms with Crippen molar-refractivity contribution >= 4 is 11.6 Å². The summed E-state index contributed by atoms with van der Waals surface area (Å²) in [5.74, 6) is 1.42. The molecule has 0 aliphatic carbocycles. The van der Waals surface area contributed by atoms with Crippen LogP contribution in [-0.2, 0) is 6.42 Å². The van der Waals surface area contributed by atoms with E-state index in [9.17, 15) is 0 Å². The zero-order chi connectivity index (χ0) is 10.4. The minimum absolute atomic E-state index is 0.641. The monoisotopic (exact) mass is 210 g/mol. The van der Waals surface area contributed by atoms with Crippen molar-refractivity contribution in [2.24, 2.45) is 5.92 Å². The fraction of sp³-hybridized carbons (Fsp3) is 0.538. The van der Waals surface area contributed by atoms with Crippen LogP contribution in [0.25, 0.3) is 0 Å². The van der Waals surface area contributed by atoms with Crippen LogP contribution in [0.5, 0.6) is 0 Å². The lowest BCUT2D eigenvalue weighted by molar-refractivity contribution is 0.527. The quantitative estimate of drug-likeness (QED) is 0.640. The summed E-state index contributed by atoms with van der Waals surface area (Å²) in [6, 6.07) is 8.59. The third-order valence-corrected chi connectivity index (χ3v) is 3.12. The summed E-state index contributed by atoms with van der Waals surface area (Å²) >= 11 is 5.95. The molecule has 0 fully saturated rings. The molecule has 0 bridgehead atoms. The van der Waals surface area contributed by atoms with Gasteiger partial charge in [-0.3, -0.25) is 0 Å². The Hall–Kier alpha value is -0.490. The molecule has 1 atom stereocenters. The molecule has 1 heteroatoms. The first kappa shape index (κ1) is 11.6. The number of aryl methyl sites for hydroxylation is 1. The van der Waals surface area contributed by atoms with Crippen molar-refractivity contribution in [2.45, 2.75) is 33.1 Å². The molecule has 0 saturated carbocycles. The van der Waals surface area contributed by atoms with Crippen LogP contribution >= 0.6 is 11.6 Å². The first-order valence-corrected chi connectivity index (χ1v) is 5.91. The van der Waals surface area contributed by atoms with Crippen LogP contribution < -0.4 is 0 Å². The van der Waals surface area contributed by atoms with Crippen molar-refractivity contribution in [2.75, 3.05) is 5.88 Å². The highest BCUT2D eigenvalue weighted by Crippen LogP contribution is 2.18. The molecule has 0 spiro atoms. The van der Waals surface area contributed by atoms with E-state index in [-0.39, 0.29) is 0 Å². The summed E-state index contributed by atoms with van der Waals surface area (Å²) in [4.78, 5) is 0. The predicted octanol–water partition coefficient (Wildman–Crippen LogP) is 4.19. The van der Waals surface area contributed by atoms with Crippen LogP contribution in [0.2, 0.25) is 0 Å². The fourth-order valence-electron chi connectivity index (χ4n) is 1.79. The van der Waals surface area contributed by atoms with Gasteiger partial charge in [-0.05, 0) is 36.8 Å². The second kappa shape index (κ2) is 6.08. The van der Waals surface area contributed by atoms with E-state index in [2.05, 4.69) is 38.1 Å². The summed E-state index contributed by atoms with van der Waals surface area (Å²) in [6.07, 6.45) is 3.59. The maximum atomic E-state index is 5.95. The van der Waals surface area contributed by atoms with Gasteiger partial charge in [0.1, 0.15) is 0 Å². The highest BCUT2D eigenvalue weighted by atomic mass is 35.5. The molecule has 0 aliphatic heterocycles. The molecular formula is C13H19Cl. The van der Waals surface area contributed by atoms with Crippen molar-refractivity contribution < 1.29 is 0 Å². The molecule has 14 heavy (non-hydrogen) atoms. The van der Waals surface area contributed by atoms with Crippen molar-refractivity contribution in [3.05, 3.63) is 35.4 Å². The van der Waals surface area contributed by atoms with Gasteiger partial charge >= 0.3 is 0 Å². The van der Waals surface area contributed by atoms with Gasteiger partial charge in [0, 0.05) is 5.88 Å². The number of hydrogen-bond donors (Lipinski definition) is 0. The van der Waals surface area contributed by atoms with Gasteiger partial charge in [0.05, 0.1) is 0 Å². The summed E-state index contributed by atoms with van der Waals surface area (Å²) in [6.45, 7) is 4.39. The van der Waals surface area contributed by atoms with Gasteiger partial charge in [0.25, 0.3) is 0 Å². The zero-order valence-corrected chi connectivity index (χ0v) is 9.85. The minimum Gasteiger partial charge on any atom is -0.126 e. The second-order valence-electron chi connectivity index (χ2n) is 3.94. The number of hydrogen-bond acceptors (Lipinski definition) is 0. The lowest BCUT2D eigenvalue weighted by Gasteiger charge is -2.14. The van der Waals surface area contributed by atoms with E-state index in [1.807, 2.05) is 0 Å². The summed E-state index contributed by atoms with van der Waals surface area (Å²) in [5.41, 5.74) is 2.84. The average molecular weight is 211 g/mol. The van der Waals surface area contributed by atoms with Gasteiger partial charge in [-0.2, -0.15) is 0 Å². The Morgan fingerprint density at radius 1 is 1.29 bits per heavy atom. The summed E-state index contributed by atoms with van der Waals surface area (Å²) < 4.78 is 0. The Labute approximate surface area is 92.3 Å². The molecule has 1 aromatic carbocycles. The van der Waals surface area contributed by atoms with Crippen molar-refractivity contribution in [3.63, 3.8) is 0 Å². The summed E-state index contributed by atoms with van der Waals surface area (Å²) in [5, 5.41) is 0. The Balaban J connectivity index is 2.62. The summed E-state index contributed by atoms with van der Waals surface area (Å²) in [7, 11) is 0. The fourth-order valence-corrected chi connectivity index (χ4v) is 2.06.